The molecule has 0 aliphatic rings. The number of carbonyl (C=O) groups excluding carboxylic acids is 1. The maximum absolute atomic E-state index is 11.5. The smallest absolute Gasteiger partial charge is 0.344 e. The Balaban J connectivity index is 4.97. The lowest BCUT2D eigenvalue weighted by Crippen LogP contribution is -2.08. The van der Waals surface area contributed by atoms with Crippen molar-refractivity contribution in [1.82, 2.24) is 0 Å². The number of carbonyl (C=O) groups is 1. The molecule has 0 aromatic heterocycles. The van der Waals surface area contributed by atoms with Crippen LogP contribution in [0.4, 0.5) is 0 Å². The normalized spacial score (nSPS) is 12.7. The first kappa shape index (κ1) is 13.6. The van der Waals surface area contributed by atoms with Crippen LogP contribution in [-0.4, -0.2) is 19.3 Å². The van der Waals surface area contributed by atoms with Crippen molar-refractivity contribution in [2.75, 3.05) is 13.4 Å². The molecule has 0 rings (SSSR count). The zero-order chi connectivity index (χ0) is 11.1. The van der Waals surface area contributed by atoms with Crippen LogP contribution in [0.1, 0.15) is 33.6 Å². The molecule has 0 fully saturated rings. The highest BCUT2D eigenvalue weighted by atomic mass is 32.2. The second-order valence-electron chi connectivity index (χ2n) is 3.45. The van der Waals surface area contributed by atoms with Crippen molar-refractivity contribution in [2.24, 2.45) is 5.92 Å². The van der Waals surface area contributed by atoms with Gasteiger partial charge in [-0.1, -0.05) is 27.2 Å². The first-order valence-corrected chi connectivity index (χ1v) is 6.16. The van der Waals surface area contributed by atoms with Gasteiger partial charge in [0.15, 0.2) is 0 Å². The Bertz CT molecular complexity index is 219. The van der Waals surface area contributed by atoms with Crippen LogP contribution in [0.3, 0.4) is 0 Å². The molecule has 0 saturated carbocycles. The Labute approximate surface area is 91.1 Å². The van der Waals surface area contributed by atoms with Gasteiger partial charge in [-0.2, -0.15) is 0 Å². The fourth-order valence-corrected chi connectivity index (χ4v) is 2.22. The summed E-state index contributed by atoms with van der Waals surface area (Å²) in [6, 6.07) is 0. The molecule has 0 aliphatic heterocycles. The van der Waals surface area contributed by atoms with Crippen molar-refractivity contribution in [1.29, 1.82) is 0 Å². The predicted molar refractivity (Wildman–Crippen MR) is 62.3 cm³/mol. The number of hydrogen-bond donors (Lipinski definition) is 0. The van der Waals surface area contributed by atoms with Crippen LogP contribution >= 0.6 is 11.8 Å². The highest BCUT2D eigenvalue weighted by Crippen LogP contribution is 2.27. The summed E-state index contributed by atoms with van der Waals surface area (Å²) in [7, 11) is 1.43. The van der Waals surface area contributed by atoms with E-state index < -0.39 is 0 Å². The standard InChI is InChI=1S/C11H20O2S/c1-6-7-9(8(2)3)10(14-5)11(12)13-4/h8H,6-7H2,1-5H3/b10-9+. The van der Waals surface area contributed by atoms with E-state index >= 15 is 0 Å². The monoisotopic (exact) mass is 216 g/mol. The van der Waals surface area contributed by atoms with E-state index in [2.05, 4.69) is 20.8 Å². The molecule has 82 valence electrons. The highest BCUT2D eigenvalue weighted by Gasteiger charge is 2.16. The molecule has 0 aromatic rings. The van der Waals surface area contributed by atoms with Gasteiger partial charge < -0.3 is 4.74 Å². The molecule has 0 bridgehead atoms. The maximum Gasteiger partial charge on any atom is 0.344 e. The average Bonchev–Trinajstić information content (AvgIpc) is 2.16. The molecule has 14 heavy (non-hydrogen) atoms. The minimum atomic E-state index is -0.199. The predicted octanol–water partition coefficient (Wildman–Crippen LogP) is 3.23. The minimum Gasteiger partial charge on any atom is -0.465 e. The topological polar surface area (TPSA) is 26.3 Å². The summed E-state index contributed by atoms with van der Waals surface area (Å²) < 4.78 is 4.76. The molecule has 0 atom stereocenters. The number of methoxy groups -OCH3 is 1. The first-order valence-electron chi connectivity index (χ1n) is 4.93. The van der Waals surface area contributed by atoms with Crippen LogP contribution in [-0.2, 0) is 9.53 Å². The SMILES string of the molecule is CCC/C(=C(\SC)C(=O)OC)C(C)C. The third-order valence-corrected chi connectivity index (χ3v) is 2.92. The van der Waals surface area contributed by atoms with E-state index in [1.807, 2.05) is 6.26 Å². The third kappa shape index (κ3) is 3.74. The van der Waals surface area contributed by atoms with Gasteiger partial charge in [0, 0.05) is 0 Å². The number of hydrogen-bond acceptors (Lipinski definition) is 3. The summed E-state index contributed by atoms with van der Waals surface area (Å²) in [6.07, 6.45) is 3.96. The Morgan fingerprint density at radius 3 is 2.29 bits per heavy atom. The highest BCUT2D eigenvalue weighted by molar-refractivity contribution is 8.03. The number of esters is 1. The molecule has 0 heterocycles. The summed E-state index contributed by atoms with van der Waals surface area (Å²) in [5, 5.41) is 0. The van der Waals surface area contributed by atoms with Crippen molar-refractivity contribution in [3.8, 4) is 0 Å². The van der Waals surface area contributed by atoms with Crippen LogP contribution in [0.2, 0.25) is 0 Å². The summed E-state index contributed by atoms with van der Waals surface area (Å²) in [6.45, 7) is 6.35. The summed E-state index contributed by atoms with van der Waals surface area (Å²) in [5.41, 5.74) is 1.21. The number of allylic oxidation sites excluding steroid dienone is 1. The van der Waals surface area contributed by atoms with Crippen molar-refractivity contribution < 1.29 is 9.53 Å². The van der Waals surface area contributed by atoms with E-state index in [1.54, 1.807) is 0 Å². The fourth-order valence-electron chi connectivity index (χ4n) is 1.37. The summed E-state index contributed by atoms with van der Waals surface area (Å²) in [4.78, 5) is 12.2. The van der Waals surface area contributed by atoms with Gasteiger partial charge in [0.2, 0.25) is 0 Å². The minimum absolute atomic E-state index is 0.199. The quantitative estimate of drug-likeness (QED) is 0.521. The van der Waals surface area contributed by atoms with Crippen molar-refractivity contribution in [3.05, 3.63) is 10.5 Å². The number of rotatable bonds is 5. The molecule has 0 saturated heterocycles. The second-order valence-corrected chi connectivity index (χ2v) is 4.27. The van der Waals surface area contributed by atoms with E-state index in [0.29, 0.717) is 5.92 Å². The van der Waals surface area contributed by atoms with Gasteiger partial charge in [-0.05, 0) is 24.2 Å². The van der Waals surface area contributed by atoms with Crippen LogP contribution in [0.15, 0.2) is 10.5 Å². The van der Waals surface area contributed by atoms with E-state index in [-0.39, 0.29) is 5.97 Å². The molecule has 0 spiro atoms. The molecule has 2 nitrogen and oxygen atoms in total. The third-order valence-electron chi connectivity index (χ3n) is 2.08. The molecule has 0 radical (unpaired) electrons. The molecule has 0 N–H and O–H groups in total. The lowest BCUT2D eigenvalue weighted by molar-refractivity contribution is -0.135. The largest absolute Gasteiger partial charge is 0.465 e. The Kier molecular flexibility index (Phi) is 6.71. The maximum atomic E-state index is 11.5. The van der Waals surface area contributed by atoms with Crippen molar-refractivity contribution in [3.63, 3.8) is 0 Å². The zero-order valence-electron chi connectivity index (χ0n) is 9.72. The molecule has 0 aliphatic carbocycles. The van der Waals surface area contributed by atoms with Gasteiger partial charge in [0.1, 0.15) is 0 Å². The number of thioether (sulfide) groups is 1. The number of ether oxygens (including phenoxy) is 1. The van der Waals surface area contributed by atoms with Crippen molar-refractivity contribution in [2.45, 2.75) is 33.6 Å². The Morgan fingerprint density at radius 2 is 2.00 bits per heavy atom. The van der Waals surface area contributed by atoms with Gasteiger partial charge in [-0.15, -0.1) is 11.8 Å². The van der Waals surface area contributed by atoms with Gasteiger partial charge in [-0.3, -0.25) is 0 Å². The van der Waals surface area contributed by atoms with Gasteiger partial charge in [-0.25, -0.2) is 4.79 Å². The van der Waals surface area contributed by atoms with Gasteiger partial charge >= 0.3 is 5.97 Å². The summed E-state index contributed by atoms with van der Waals surface area (Å²) in [5.74, 6) is 0.214. The van der Waals surface area contributed by atoms with E-state index in [0.717, 1.165) is 17.7 Å². The van der Waals surface area contributed by atoms with Crippen LogP contribution in [0, 0.1) is 5.92 Å². The lowest BCUT2D eigenvalue weighted by atomic mass is 9.98. The van der Waals surface area contributed by atoms with E-state index in [1.165, 1.54) is 24.4 Å². The average molecular weight is 216 g/mol. The van der Waals surface area contributed by atoms with Crippen LogP contribution < -0.4 is 0 Å². The molecular formula is C11H20O2S. The molecule has 0 unspecified atom stereocenters. The zero-order valence-corrected chi connectivity index (χ0v) is 10.5. The van der Waals surface area contributed by atoms with Crippen molar-refractivity contribution >= 4 is 17.7 Å². The summed E-state index contributed by atoms with van der Waals surface area (Å²) >= 11 is 1.48. The van der Waals surface area contributed by atoms with E-state index in [4.69, 9.17) is 4.74 Å². The fraction of sp³-hybridized carbons (Fsp3) is 0.727. The van der Waals surface area contributed by atoms with Crippen LogP contribution in [0.25, 0.3) is 0 Å². The molecular weight excluding hydrogens is 196 g/mol. The molecule has 3 heteroatoms. The Morgan fingerprint density at radius 1 is 1.43 bits per heavy atom. The van der Waals surface area contributed by atoms with Gasteiger partial charge in [0.25, 0.3) is 0 Å². The molecule has 0 aromatic carbocycles. The lowest BCUT2D eigenvalue weighted by Gasteiger charge is -2.14. The molecule has 0 amide bonds. The van der Waals surface area contributed by atoms with E-state index in [9.17, 15) is 4.79 Å². The second kappa shape index (κ2) is 6.93. The van der Waals surface area contributed by atoms with Crippen LogP contribution in [0.5, 0.6) is 0 Å². The Hall–Kier alpha value is -0.440. The van der Waals surface area contributed by atoms with Gasteiger partial charge in [0.05, 0.1) is 12.0 Å². The first-order chi connectivity index (χ1) is 6.58.